The summed E-state index contributed by atoms with van der Waals surface area (Å²) in [5.41, 5.74) is 2.39. The number of amides is 1. The Hall–Kier alpha value is -3.15. The van der Waals surface area contributed by atoms with Crippen molar-refractivity contribution in [2.45, 2.75) is 18.9 Å². The summed E-state index contributed by atoms with van der Waals surface area (Å²) in [6.07, 6.45) is 0.331. The molecule has 1 aromatic heterocycles. The molecule has 4 rings (SSSR count). The highest BCUT2D eigenvalue weighted by molar-refractivity contribution is 5.96. The van der Waals surface area contributed by atoms with Gasteiger partial charge in [0.1, 0.15) is 12.4 Å². The predicted molar refractivity (Wildman–Crippen MR) is 93.5 cm³/mol. The van der Waals surface area contributed by atoms with Crippen molar-refractivity contribution in [2.75, 3.05) is 11.4 Å². The Balaban J connectivity index is 1.73. The van der Waals surface area contributed by atoms with E-state index < -0.39 is 5.97 Å². The van der Waals surface area contributed by atoms with E-state index in [0.29, 0.717) is 18.8 Å². The second-order valence-corrected chi connectivity index (χ2v) is 6.18. The topological polar surface area (TPSA) is 75.4 Å². The molecule has 0 aliphatic carbocycles. The van der Waals surface area contributed by atoms with Crippen LogP contribution in [0, 0.1) is 0 Å². The van der Waals surface area contributed by atoms with Crippen molar-refractivity contribution >= 4 is 28.6 Å². The standard InChI is InChI=1S/C19H17N3O3/c23-17-10-13(11-21(17)14-6-2-1-3-7-14)19-20-15-8-4-5-9-16(15)22(19)12-18(24)25/h1-9,13H,10-12H2,(H,24,25)/t13-/m0/s1. The van der Waals surface area contributed by atoms with Crippen molar-refractivity contribution < 1.29 is 14.7 Å². The summed E-state index contributed by atoms with van der Waals surface area (Å²) in [5.74, 6) is -0.353. The van der Waals surface area contributed by atoms with Crippen LogP contribution in [0.1, 0.15) is 18.2 Å². The number of carboxylic acids is 1. The molecule has 2 heterocycles. The number of carbonyl (C=O) groups excluding carboxylic acids is 1. The van der Waals surface area contributed by atoms with E-state index in [0.717, 1.165) is 16.7 Å². The maximum atomic E-state index is 12.5. The minimum atomic E-state index is -0.923. The number of aliphatic carboxylic acids is 1. The van der Waals surface area contributed by atoms with E-state index >= 15 is 0 Å². The normalized spacial score (nSPS) is 17.4. The number of para-hydroxylation sites is 3. The first-order valence-corrected chi connectivity index (χ1v) is 8.16. The number of rotatable bonds is 4. The number of aromatic nitrogens is 2. The van der Waals surface area contributed by atoms with Crippen LogP contribution < -0.4 is 4.90 Å². The molecule has 0 unspecified atom stereocenters. The molecule has 6 heteroatoms. The van der Waals surface area contributed by atoms with Gasteiger partial charge in [-0.25, -0.2) is 4.98 Å². The lowest BCUT2D eigenvalue weighted by Crippen LogP contribution is -2.24. The maximum Gasteiger partial charge on any atom is 0.323 e. The van der Waals surface area contributed by atoms with Gasteiger partial charge in [-0.05, 0) is 24.3 Å². The quantitative estimate of drug-likeness (QED) is 0.795. The molecule has 1 saturated heterocycles. The second-order valence-electron chi connectivity index (χ2n) is 6.18. The summed E-state index contributed by atoms with van der Waals surface area (Å²) < 4.78 is 1.71. The summed E-state index contributed by atoms with van der Waals surface area (Å²) in [4.78, 5) is 30.2. The third kappa shape index (κ3) is 2.76. The molecule has 1 atom stereocenters. The number of nitrogens with zero attached hydrogens (tertiary/aromatic N) is 3. The number of carbonyl (C=O) groups is 2. The molecule has 6 nitrogen and oxygen atoms in total. The van der Waals surface area contributed by atoms with Gasteiger partial charge in [-0.3, -0.25) is 9.59 Å². The second kappa shape index (κ2) is 6.05. The highest BCUT2D eigenvalue weighted by Crippen LogP contribution is 2.33. The smallest absolute Gasteiger partial charge is 0.323 e. The van der Waals surface area contributed by atoms with E-state index in [4.69, 9.17) is 0 Å². The lowest BCUT2D eigenvalue weighted by Gasteiger charge is -2.17. The molecule has 2 aromatic carbocycles. The first kappa shape index (κ1) is 15.4. The molecule has 1 amide bonds. The van der Waals surface area contributed by atoms with Crippen LogP contribution in [-0.2, 0) is 16.1 Å². The Labute approximate surface area is 144 Å². The first-order chi connectivity index (χ1) is 12.1. The predicted octanol–water partition coefficient (Wildman–Crippen LogP) is 2.64. The fourth-order valence-electron chi connectivity index (χ4n) is 3.45. The van der Waals surface area contributed by atoms with Crippen molar-refractivity contribution in [1.29, 1.82) is 0 Å². The molecule has 1 N–H and O–H groups in total. The van der Waals surface area contributed by atoms with Crippen LogP contribution in [0.2, 0.25) is 0 Å². The van der Waals surface area contributed by atoms with Crippen LogP contribution in [0.4, 0.5) is 5.69 Å². The minimum Gasteiger partial charge on any atom is -0.480 e. The molecule has 1 aliphatic heterocycles. The molecule has 0 spiro atoms. The summed E-state index contributed by atoms with van der Waals surface area (Å²) in [6.45, 7) is 0.345. The van der Waals surface area contributed by atoms with Gasteiger partial charge in [-0.2, -0.15) is 0 Å². The lowest BCUT2D eigenvalue weighted by molar-refractivity contribution is -0.137. The summed E-state index contributed by atoms with van der Waals surface area (Å²) in [7, 11) is 0. The number of hydrogen-bond donors (Lipinski definition) is 1. The van der Waals surface area contributed by atoms with Gasteiger partial charge in [-0.15, -0.1) is 0 Å². The van der Waals surface area contributed by atoms with Crippen LogP contribution in [0.3, 0.4) is 0 Å². The SMILES string of the molecule is O=C(O)Cn1c([C@H]2CC(=O)N(c3ccccc3)C2)nc2ccccc21. The molecular formula is C19H17N3O3. The zero-order chi connectivity index (χ0) is 17.4. The number of anilines is 1. The Bertz CT molecular complexity index is 949. The molecule has 0 radical (unpaired) electrons. The molecule has 1 fully saturated rings. The monoisotopic (exact) mass is 335 g/mol. The number of carboxylic acid groups (broad SMARTS) is 1. The first-order valence-electron chi connectivity index (χ1n) is 8.16. The van der Waals surface area contributed by atoms with Crippen LogP contribution in [0.15, 0.2) is 54.6 Å². The Morgan fingerprint density at radius 1 is 1.12 bits per heavy atom. The van der Waals surface area contributed by atoms with Gasteiger partial charge < -0.3 is 14.6 Å². The highest BCUT2D eigenvalue weighted by Gasteiger charge is 2.35. The van der Waals surface area contributed by atoms with E-state index in [2.05, 4.69) is 4.98 Å². The van der Waals surface area contributed by atoms with E-state index in [-0.39, 0.29) is 18.4 Å². The summed E-state index contributed by atoms with van der Waals surface area (Å²) >= 11 is 0. The van der Waals surface area contributed by atoms with Crippen molar-refractivity contribution in [3.63, 3.8) is 0 Å². The van der Waals surface area contributed by atoms with Gasteiger partial charge in [0.2, 0.25) is 5.91 Å². The van der Waals surface area contributed by atoms with Gasteiger partial charge in [-0.1, -0.05) is 30.3 Å². The lowest BCUT2D eigenvalue weighted by atomic mass is 10.1. The number of hydrogen-bond acceptors (Lipinski definition) is 3. The third-order valence-corrected chi connectivity index (χ3v) is 4.54. The van der Waals surface area contributed by atoms with Crippen LogP contribution >= 0.6 is 0 Å². The van der Waals surface area contributed by atoms with Gasteiger partial charge in [0.25, 0.3) is 0 Å². The minimum absolute atomic E-state index is 0.0325. The van der Waals surface area contributed by atoms with Crippen LogP contribution in [-0.4, -0.2) is 33.1 Å². The van der Waals surface area contributed by atoms with Crippen LogP contribution in [0.25, 0.3) is 11.0 Å². The van der Waals surface area contributed by atoms with Gasteiger partial charge in [0.15, 0.2) is 0 Å². The Morgan fingerprint density at radius 2 is 1.84 bits per heavy atom. The van der Waals surface area contributed by atoms with Gasteiger partial charge >= 0.3 is 5.97 Å². The molecule has 1 aliphatic rings. The molecule has 0 saturated carbocycles. The average molecular weight is 335 g/mol. The van der Waals surface area contributed by atoms with Crippen LogP contribution in [0.5, 0.6) is 0 Å². The fourth-order valence-corrected chi connectivity index (χ4v) is 3.45. The highest BCUT2D eigenvalue weighted by atomic mass is 16.4. The number of fused-ring (bicyclic) bond motifs is 1. The zero-order valence-electron chi connectivity index (χ0n) is 13.5. The Kier molecular flexibility index (Phi) is 3.72. The van der Waals surface area contributed by atoms with E-state index in [1.807, 2.05) is 54.6 Å². The average Bonchev–Trinajstić information content (AvgIpc) is 3.16. The molecule has 3 aromatic rings. The van der Waals surface area contributed by atoms with Crippen molar-refractivity contribution in [3.05, 3.63) is 60.4 Å². The summed E-state index contributed by atoms with van der Waals surface area (Å²) in [6, 6.07) is 17.0. The molecular weight excluding hydrogens is 318 g/mol. The van der Waals surface area contributed by atoms with Gasteiger partial charge in [0.05, 0.1) is 11.0 Å². The Morgan fingerprint density at radius 3 is 2.60 bits per heavy atom. The molecule has 25 heavy (non-hydrogen) atoms. The number of benzene rings is 2. The maximum absolute atomic E-state index is 12.5. The third-order valence-electron chi connectivity index (χ3n) is 4.54. The van der Waals surface area contributed by atoms with Crippen molar-refractivity contribution in [2.24, 2.45) is 0 Å². The van der Waals surface area contributed by atoms with E-state index in [9.17, 15) is 14.7 Å². The molecule has 126 valence electrons. The van der Waals surface area contributed by atoms with Crippen molar-refractivity contribution in [3.8, 4) is 0 Å². The van der Waals surface area contributed by atoms with Gasteiger partial charge in [0, 0.05) is 24.6 Å². The van der Waals surface area contributed by atoms with E-state index in [1.165, 1.54) is 0 Å². The number of imidazole rings is 1. The van der Waals surface area contributed by atoms with E-state index in [1.54, 1.807) is 9.47 Å². The zero-order valence-corrected chi connectivity index (χ0v) is 13.5. The molecule has 0 bridgehead atoms. The van der Waals surface area contributed by atoms with Crippen molar-refractivity contribution in [1.82, 2.24) is 9.55 Å². The fraction of sp³-hybridized carbons (Fsp3) is 0.211. The largest absolute Gasteiger partial charge is 0.480 e. The summed E-state index contributed by atoms with van der Waals surface area (Å²) in [5, 5.41) is 9.27.